The van der Waals surface area contributed by atoms with Crippen LogP contribution in [0.25, 0.3) is 0 Å². The summed E-state index contributed by atoms with van der Waals surface area (Å²) in [5.74, 6) is 0.783. The van der Waals surface area contributed by atoms with E-state index in [2.05, 4.69) is 20.8 Å². The van der Waals surface area contributed by atoms with Crippen molar-refractivity contribution in [3.63, 3.8) is 0 Å². The molecule has 0 radical (unpaired) electrons. The van der Waals surface area contributed by atoms with Crippen molar-refractivity contribution in [3.8, 4) is 0 Å². The molecular weight excluding hydrogens is 176 g/mol. The Morgan fingerprint density at radius 2 is 2.00 bits per heavy atom. The van der Waals surface area contributed by atoms with Crippen LogP contribution in [0.15, 0.2) is 0 Å². The molecule has 0 heterocycles. The van der Waals surface area contributed by atoms with Crippen LogP contribution < -0.4 is 0 Å². The van der Waals surface area contributed by atoms with Crippen molar-refractivity contribution in [1.82, 2.24) is 0 Å². The third-order valence-electron chi connectivity index (χ3n) is 2.94. The van der Waals surface area contributed by atoms with Crippen LogP contribution in [0.1, 0.15) is 47.0 Å². The van der Waals surface area contributed by atoms with Gasteiger partial charge in [-0.3, -0.25) is 0 Å². The summed E-state index contributed by atoms with van der Waals surface area (Å²) in [6, 6.07) is 0. The van der Waals surface area contributed by atoms with Gasteiger partial charge in [0.2, 0.25) is 0 Å². The van der Waals surface area contributed by atoms with Gasteiger partial charge in [0.15, 0.2) is 0 Å². The van der Waals surface area contributed by atoms with E-state index in [9.17, 15) is 0 Å². The zero-order valence-corrected chi connectivity index (χ0v) is 10.0. The fraction of sp³-hybridized carbons (Fsp3) is 1.00. The third-order valence-corrected chi connectivity index (χ3v) is 2.94. The third kappa shape index (κ3) is 3.97. The predicted octanol–water partition coefficient (Wildman–Crippen LogP) is 3.21. The van der Waals surface area contributed by atoms with Crippen LogP contribution in [0.3, 0.4) is 0 Å². The molecular formula is C12H24O2. The Hall–Kier alpha value is -0.0800. The highest BCUT2D eigenvalue weighted by atomic mass is 16.7. The Kier molecular flexibility index (Phi) is 4.39. The maximum absolute atomic E-state index is 5.71. The van der Waals surface area contributed by atoms with Crippen molar-refractivity contribution >= 4 is 0 Å². The number of rotatable bonds is 4. The van der Waals surface area contributed by atoms with Gasteiger partial charge >= 0.3 is 0 Å². The molecule has 0 spiro atoms. The smallest absolute Gasteiger partial charge is 0.147 e. The maximum Gasteiger partial charge on any atom is 0.147 e. The summed E-state index contributed by atoms with van der Waals surface area (Å²) < 4.78 is 10.9. The van der Waals surface area contributed by atoms with E-state index in [1.165, 1.54) is 19.3 Å². The highest BCUT2D eigenvalue weighted by Gasteiger charge is 2.32. The number of hydrogen-bond donors (Lipinski definition) is 0. The van der Waals surface area contributed by atoms with Gasteiger partial charge in [-0.1, -0.05) is 20.8 Å². The van der Waals surface area contributed by atoms with E-state index < -0.39 is 0 Å². The molecule has 1 aliphatic rings. The fourth-order valence-electron chi connectivity index (χ4n) is 2.61. The van der Waals surface area contributed by atoms with E-state index in [0.29, 0.717) is 18.3 Å². The van der Waals surface area contributed by atoms with Crippen molar-refractivity contribution in [2.75, 3.05) is 13.4 Å². The Labute approximate surface area is 88.0 Å². The largest absolute Gasteiger partial charge is 0.356 e. The highest BCUT2D eigenvalue weighted by Crippen LogP contribution is 2.39. The number of hydrogen-bond acceptors (Lipinski definition) is 2. The lowest BCUT2D eigenvalue weighted by molar-refractivity contribution is -0.114. The van der Waals surface area contributed by atoms with Gasteiger partial charge in [-0.15, -0.1) is 0 Å². The van der Waals surface area contributed by atoms with Gasteiger partial charge in [-0.2, -0.15) is 0 Å². The van der Waals surface area contributed by atoms with E-state index >= 15 is 0 Å². The van der Waals surface area contributed by atoms with Crippen LogP contribution in [0, 0.1) is 11.3 Å². The minimum Gasteiger partial charge on any atom is -0.356 e. The van der Waals surface area contributed by atoms with Crippen molar-refractivity contribution < 1.29 is 9.47 Å². The number of ether oxygens (including phenoxy) is 2. The normalized spacial score (nSPS) is 31.7. The standard InChI is InChI=1S/C12H24O2/c1-5-13-9-14-11-6-10(2)7-12(3,4)8-11/h10-11H,5-9H2,1-4H3/t10-,11-/m1/s1. The zero-order chi connectivity index (χ0) is 10.6. The molecule has 84 valence electrons. The van der Waals surface area contributed by atoms with Crippen LogP contribution in [0.5, 0.6) is 0 Å². The SMILES string of the molecule is CCOCO[C@@H]1C[C@@H](C)CC(C)(C)C1. The second kappa shape index (κ2) is 5.13. The topological polar surface area (TPSA) is 18.5 Å². The molecule has 0 aromatic carbocycles. The second-order valence-electron chi connectivity index (χ2n) is 5.31. The van der Waals surface area contributed by atoms with Crippen molar-refractivity contribution in [3.05, 3.63) is 0 Å². The molecule has 2 atom stereocenters. The van der Waals surface area contributed by atoms with Crippen molar-refractivity contribution in [2.45, 2.75) is 53.1 Å². The van der Waals surface area contributed by atoms with Crippen LogP contribution in [0.2, 0.25) is 0 Å². The molecule has 0 aromatic rings. The minimum absolute atomic E-state index is 0.403. The molecule has 1 aliphatic carbocycles. The summed E-state index contributed by atoms with van der Waals surface area (Å²) in [6.07, 6.45) is 4.09. The minimum atomic E-state index is 0.403. The Morgan fingerprint density at radius 1 is 1.29 bits per heavy atom. The van der Waals surface area contributed by atoms with Crippen LogP contribution >= 0.6 is 0 Å². The molecule has 0 saturated heterocycles. The molecule has 0 N–H and O–H groups in total. The summed E-state index contributed by atoms with van der Waals surface area (Å²) in [4.78, 5) is 0. The summed E-state index contributed by atoms with van der Waals surface area (Å²) in [5, 5.41) is 0. The summed E-state index contributed by atoms with van der Waals surface area (Å²) in [5.41, 5.74) is 0.439. The van der Waals surface area contributed by atoms with Gasteiger partial charge in [0.1, 0.15) is 6.79 Å². The Morgan fingerprint density at radius 3 is 2.57 bits per heavy atom. The lowest BCUT2D eigenvalue weighted by atomic mass is 9.71. The molecule has 14 heavy (non-hydrogen) atoms. The van der Waals surface area contributed by atoms with Gasteiger partial charge in [0.25, 0.3) is 0 Å². The molecule has 2 heteroatoms. The van der Waals surface area contributed by atoms with E-state index in [1.807, 2.05) is 6.92 Å². The first kappa shape index (κ1) is 12.0. The molecule has 0 aliphatic heterocycles. The van der Waals surface area contributed by atoms with Crippen LogP contribution in [-0.4, -0.2) is 19.5 Å². The molecule has 0 amide bonds. The molecule has 1 rings (SSSR count). The molecule has 0 unspecified atom stereocenters. The fourth-order valence-corrected chi connectivity index (χ4v) is 2.61. The Bertz CT molecular complexity index is 166. The van der Waals surface area contributed by atoms with Gasteiger partial charge in [0.05, 0.1) is 6.10 Å². The summed E-state index contributed by atoms with van der Waals surface area (Å²) >= 11 is 0. The lowest BCUT2D eigenvalue weighted by Gasteiger charge is -2.38. The molecule has 1 fully saturated rings. The van der Waals surface area contributed by atoms with Crippen molar-refractivity contribution in [2.24, 2.45) is 11.3 Å². The molecule has 2 nitrogen and oxygen atoms in total. The lowest BCUT2D eigenvalue weighted by Crippen LogP contribution is -2.33. The summed E-state index contributed by atoms with van der Waals surface area (Å²) in [7, 11) is 0. The zero-order valence-electron chi connectivity index (χ0n) is 10.0. The monoisotopic (exact) mass is 200 g/mol. The molecule has 1 saturated carbocycles. The average molecular weight is 200 g/mol. The maximum atomic E-state index is 5.71. The average Bonchev–Trinajstić information content (AvgIpc) is 2.00. The molecule has 0 bridgehead atoms. The first-order chi connectivity index (χ1) is 6.53. The highest BCUT2D eigenvalue weighted by molar-refractivity contribution is 4.83. The van der Waals surface area contributed by atoms with Crippen molar-refractivity contribution in [1.29, 1.82) is 0 Å². The quantitative estimate of drug-likeness (QED) is 0.512. The van der Waals surface area contributed by atoms with Gasteiger partial charge in [0, 0.05) is 6.61 Å². The summed E-state index contributed by atoms with van der Waals surface area (Å²) in [6.45, 7) is 10.2. The second-order valence-corrected chi connectivity index (χ2v) is 5.31. The molecule has 0 aromatic heterocycles. The predicted molar refractivity (Wildman–Crippen MR) is 58.2 cm³/mol. The van der Waals surface area contributed by atoms with Gasteiger partial charge in [-0.05, 0) is 37.5 Å². The van der Waals surface area contributed by atoms with Gasteiger partial charge < -0.3 is 9.47 Å². The van der Waals surface area contributed by atoms with E-state index in [4.69, 9.17) is 9.47 Å². The Balaban J connectivity index is 2.30. The van der Waals surface area contributed by atoms with E-state index in [0.717, 1.165) is 12.5 Å². The first-order valence-corrected chi connectivity index (χ1v) is 5.73. The van der Waals surface area contributed by atoms with E-state index in [1.54, 1.807) is 0 Å². The van der Waals surface area contributed by atoms with Gasteiger partial charge in [-0.25, -0.2) is 0 Å². The van der Waals surface area contributed by atoms with E-state index in [-0.39, 0.29) is 0 Å². The van der Waals surface area contributed by atoms with Crippen LogP contribution in [0.4, 0.5) is 0 Å². The first-order valence-electron chi connectivity index (χ1n) is 5.73. The van der Waals surface area contributed by atoms with Crippen LogP contribution in [-0.2, 0) is 9.47 Å².